The SMILES string of the molecule is CCCCCCCCCCCC(=O)OS(=O)(=O)[O-].CN(CC(=O)O)C(=N)N.[Na+]. The van der Waals surface area contributed by atoms with Gasteiger partial charge in [0.15, 0.2) is 5.96 Å². The maximum absolute atomic E-state index is 10.9. The van der Waals surface area contributed by atoms with Crippen LogP contribution in [0.5, 0.6) is 0 Å². The largest absolute Gasteiger partial charge is 1.00 e. The molecule has 28 heavy (non-hydrogen) atoms. The summed E-state index contributed by atoms with van der Waals surface area (Å²) in [6.07, 6.45) is 9.87. The quantitative estimate of drug-likeness (QED) is 0.0805. The molecular weight excluding hydrogens is 401 g/mol. The number of likely N-dealkylation sites (N-methyl/N-ethyl adjacent to an activating group) is 1. The molecule has 0 aliphatic heterocycles. The molecule has 0 radical (unpaired) electrons. The van der Waals surface area contributed by atoms with Gasteiger partial charge in [0, 0.05) is 13.5 Å². The number of hydrogen-bond acceptors (Lipinski definition) is 7. The van der Waals surface area contributed by atoms with Crippen LogP contribution in [0.4, 0.5) is 0 Å². The number of nitrogens with one attached hydrogen (secondary N) is 1. The van der Waals surface area contributed by atoms with Crippen molar-refractivity contribution < 1.29 is 61.4 Å². The van der Waals surface area contributed by atoms with Crippen molar-refractivity contribution in [3.05, 3.63) is 0 Å². The zero-order valence-corrected chi connectivity index (χ0v) is 19.9. The first-order valence-electron chi connectivity index (χ1n) is 8.94. The van der Waals surface area contributed by atoms with E-state index >= 15 is 0 Å². The number of unbranched alkanes of at least 4 members (excludes halogenated alkanes) is 8. The van der Waals surface area contributed by atoms with Crippen molar-refractivity contribution >= 4 is 28.3 Å². The Morgan fingerprint density at radius 2 is 1.50 bits per heavy atom. The molecule has 0 saturated heterocycles. The number of carbonyl (C=O) groups is 2. The van der Waals surface area contributed by atoms with E-state index in [1.165, 1.54) is 39.2 Å². The van der Waals surface area contributed by atoms with Crippen LogP contribution in [0.15, 0.2) is 0 Å². The summed E-state index contributed by atoms with van der Waals surface area (Å²) in [7, 11) is -3.44. The zero-order chi connectivity index (χ0) is 21.3. The van der Waals surface area contributed by atoms with Crippen LogP contribution < -0.4 is 35.3 Å². The van der Waals surface area contributed by atoms with E-state index in [1.807, 2.05) is 0 Å². The molecule has 0 aromatic heterocycles. The molecule has 0 rings (SSSR count). The summed E-state index contributed by atoms with van der Waals surface area (Å²) < 4.78 is 34.0. The Bertz CT molecular complexity index is 544. The average Bonchev–Trinajstić information content (AvgIpc) is 2.51. The number of carboxylic acid groups (broad SMARTS) is 1. The Balaban J connectivity index is -0.000000530. The number of aliphatic carboxylic acids is 1. The summed E-state index contributed by atoms with van der Waals surface area (Å²) in [4.78, 5) is 21.9. The van der Waals surface area contributed by atoms with E-state index in [4.69, 9.17) is 16.2 Å². The summed E-state index contributed by atoms with van der Waals surface area (Å²) in [6, 6.07) is 0. The van der Waals surface area contributed by atoms with Crippen molar-refractivity contribution in [2.24, 2.45) is 5.73 Å². The second-order valence-corrected chi connectivity index (χ2v) is 7.06. The fraction of sp³-hybridized carbons (Fsp3) is 0.812. The Kier molecular flexibility index (Phi) is 22.1. The van der Waals surface area contributed by atoms with Crippen molar-refractivity contribution in [1.82, 2.24) is 4.90 Å². The number of nitrogens with two attached hydrogens (primary N) is 1. The molecular formula is C16H32N3NaO7S. The molecule has 12 heteroatoms. The van der Waals surface area contributed by atoms with E-state index in [1.54, 1.807) is 0 Å². The molecule has 0 unspecified atom stereocenters. The second kappa shape index (κ2) is 19.4. The minimum absolute atomic E-state index is 0. The van der Waals surface area contributed by atoms with Crippen LogP contribution in [-0.4, -0.2) is 54.5 Å². The molecule has 10 nitrogen and oxygen atoms in total. The Hall–Kier alpha value is -0.880. The van der Waals surface area contributed by atoms with Gasteiger partial charge in [-0.3, -0.25) is 15.0 Å². The van der Waals surface area contributed by atoms with Gasteiger partial charge in [0.1, 0.15) is 6.54 Å². The van der Waals surface area contributed by atoms with Gasteiger partial charge in [-0.05, 0) is 6.42 Å². The second-order valence-electron chi connectivity index (χ2n) is 6.08. The van der Waals surface area contributed by atoms with Crippen LogP contribution in [0, 0.1) is 5.41 Å². The van der Waals surface area contributed by atoms with Gasteiger partial charge in [-0.15, -0.1) is 0 Å². The molecule has 0 aromatic carbocycles. The minimum atomic E-state index is -4.88. The van der Waals surface area contributed by atoms with Gasteiger partial charge in [0.05, 0.1) is 0 Å². The third-order valence-electron chi connectivity index (χ3n) is 3.46. The predicted molar refractivity (Wildman–Crippen MR) is 99.8 cm³/mol. The number of rotatable bonds is 13. The van der Waals surface area contributed by atoms with Crippen LogP contribution in [0.3, 0.4) is 0 Å². The molecule has 0 heterocycles. The van der Waals surface area contributed by atoms with Crippen molar-refractivity contribution in [3.63, 3.8) is 0 Å². The normalized spacial score (nSPS) is 10.1. The van der Waals surface area contributed by atoms with Crippen molar-refractivity contribution in [1.29, 1.82) is 5.41 Å². The van der Waals surface area contributed by atoms with Gasteiger partial charge in [-0.2, -0.15) is 0 Å². The standard InChI is InChI=1S/C12H24O5S.C4H9N3O2.Na/c1-2-3-4-5-6-7-8-9-10-11-12(13)17-18(14,15)16;1-7(4(5)6)2-3(8)9;/h2-11H2,1H3,(H,14,15,16);2H2,1H3,(H3,5,6)(H,8,9);/q;;+1/p-1. The third-order valence-corrected chi connectivity index (χ3v) is 3.85. The van der Waals surface area contributed by atoms with Gasteiger partial charge in [-0.1, -0.05) is 58.3 Å². The van der Waals surface area contributed by atoms with Crippen molar-refractivity contribution in [2.75, 3.05) is 13.6 Å². The minimum Gasteiger partial charge on any atom is -0.716 e. The van der Waals surface area contributed by atoms with Crippen LogP contribution in [0.25, 0.3) is 0 Å². The smallest absolute Gasteiger partial charge is 0.716 e. The Morgan fingerprint density at radius 1 is 1.07 bits per heavy atom. The summed E-state index contributed by atoms with van der Waals surface area (Å²) in [5.41, 5.74) is 4.93. The van der Waals surface area contributed by atoms with Gasteiger partial charge >= 0.3 is 41.5 Å². The van der Waals surface area contributed by atoms with E-state index in [-0.39, 0.29) is 48.5 Å². The van der Waals surface area contributed by atoms with Crippen LogP contribution in [0.2, 0.25) is 0 Å². The van der Waals surface area contributed by atoms with Crippen LogP contribution >= 0.6 is 0 Å². The fourth-order valence-corrected chi connectivity index (χ4v) is 2.33. The Morgan fingerprint density at radius 3 is 1.82 bits per heavy atom. The number of nitrogens with zero attached hydrogens (tertiary/aromatic N) is 1. The number of carbonyl (C=O) groups excluding carboxylic acids is 1. The molecule has 0 spiro atoms. The van der Waals surface area contributed by atoms with Gasteiger partial charge in [0.2, 0.25) is 0 Å². The monoisotopic (exact) mass is 433 g/mol. The summed E-state index contributed by atoms with van der Waals surface area (Å²) in [5, 5.41) is 14.9. The molecule has 160 valence electrons. The molecule has 0 aliphatic rings. The maximum Gasteiger partial charge on any atom is 1.00 e. The number of hydrogen-bond donors (Lipinski definition) is 3. The first-order valence-corrected chi connectivity index (χ1v) is 10.3. The van der Waals surface area contributed by atoms with Crippen LogP contribution in [0.1, 0.15) is 71.1 Å². The van der Waals surface area contributed by atoms with Gasteiger partial charge in [0.25, 0.3) is 10.4 Å². The summed E-state index contributed by atoms with van der Waals surface area (Å²) >= 11 is 0. The van der Waals surface area contributed by atoms with E-state index in [0.717, 1.165) is 24.2 Å². The molecule has 0 amide bonds. The third kappa shape index (κ3) is 27.3. The predicted octanol–water partition coefficient (Wildman–Crippen LogP) is -1.19. The molecule has 0 fully saturated rings. The maximum atomic E-state index is 10.9. The number of carboxylic acids is 1. The van der Waals surface area contributed by atoms with Crippen LogP contribution in [-0.2, 0) is 24.2 Å². The molecule has 0 aromatic rings. The molecule has 0 bridgehead atoms. The molecule has 0 saturated carbocycles. The topological polar surface area (TPSA) is 174 Å². The van der Waals surface area contributed by atoms with Gasteiger partial charge in [-0.25, -0.2) is 8.42 Å². The first-order chi connectivity index (χ1) is 12.5. The molecule has 0 aliphatic carbocycles. The summed E-state index contributed by atoms with van der Waals surface area (Å²) in [6.45, 7) is 1.95. The van der Waals surface area contributed by atoms with Crippen molar-refractivity contribution in [3.8, 4) is 0 Å². The molecule has 4 N–H and O–H groups in total. The average molecular weight is 434 g/mol. The van der Waals surface area contributed by atoms with Gasteiger partial charge < -0.3 is 24.5 Å². The molecule has 0 atom stereocenters. The first kappa shape index (κ1) is 31.8. The number of guanidine groups is 1. The fourth-order valence-electron chi connectivity index (χ4n) is 2.02. The van der Waals surface area contributed by atoms with E-state index < -0.39 is 22.3 Å². The zero-order valence-electron chi connectivity index (χ0n) is 17.1. The van der Waals surface area contributed by atoms with E-state index in [0.29, 0.717) is 6.42 Å². The van der Waals surface area contributed by atoms with E-state index in [2.05, 4.69) is 11.1 Å². The Labute approximate surface area is 189 Å². The van der Waals surface area contributed by atoms with Crippen molar-refractivity contribution in [2.45, 2.75) is 71.1 Å². The summed E-state index contributed by atoms with van der Waals surface area (Å²) in [5.74, 6) is -2.18. The van der Waals surface area contributed by atoms with E-state index in [9.17, 15) is 22.6 Å².